The number of anilines is 1. The molecule has 1 aromatic carbocycles. The lowest BCUT2D eigenvalue weighted by atomic mass is 9.95. The Hall–Kier alpha value is -3.27. The van der Waals surface area contributed by atoms with Crippen molar-refractivity contribution in [3.05, 3.63) is 40.3 Å². The number of hydrogen-bond donors (Lipinski definition) is 1. The van der Waals surface area contributed by atoms with E-state index in [1.807, 2.05) is 4.90 Å². The lowest BCUT2D eigenvalue weighted by Crippen LogP contribution is -2.51. The average Bonchev–Trinajstić information content (AvgIpc) is 3.62. The number of alkyl halides is 4. The molecule has 3 aromatic rings. The highest BCUT2D eigenvalue weighted by atomic mass is 35.5. The van der Waals surface area contributed by atoms with Crippen LogP contribution in [0.3, 0.4) is 0 Å². The molecule has 4 atom stereocenters. The third-order valence-corrected chi connectivity index (χ3v) is 9.60. The minimum Gasteiger partial charge on any atom is -0.461 e. The summed E-state index contributed by atoms with van der Waals surface area (Å²) in [5.74, 6) is 4.90. The van der Waals surface area contributed by atoms with Gasteiger partial charge in [0.05, 0.1) is 21.5 Å². The molecule has 1 N–H and O–H groups in total. The fourth-order valence-electron chi connectivity index (χ4n) is 7.44. The topological polar surface area (TPSA) is 66.4 Å². The Kier molecular flexibility index (Phi) is 7.34. The van der Waals surface area contributed by atoms with Crippen LogP contribution in [0.25, 0.3) is 22.2 Å². The molecule has 0 aliphatic carbocycles. The SMILES string of the molecule is CC#Cc1nc(-c2cccc(Cl)c2C(F)(F)F)c(F)c2nc(OC[C@@]34CCCN3C[C@H](F)C4)nc(N3C[C@H]4CC[C@@H](C3)N4)c12. The number of rotatable bonds is 5. The fraction of sp³-hybridized carbons (Fsp3) is 0.516. The van der Waals surface area contributed by atoms with Crippen LogP contribution in [-0.2, 0) is 6.18 Å². The van der Waals surface area contributed by atoms with Crippen molar-refractivity contribution in [2.75, 3.05) is 37.7 Å². The van der Waals surface area contributed by atoms with Gasteiger partial charge < -0.3 is 15.0 Å². The maximum Gasteiger partial charge on any atom is 0.418 e. The molecule has 0 radical (unpaired) electrons. The largest absolute Gasteiger partial charge is 0.461 e. The lowest BCUT2D eigenvalue weighted by Gasteiger charge is -2.35. The van der Waals surface area contributed by atoms with Crippen molar-refractivity contribution in [2.24, 2.45) is 0 Å². The molecular formula is C31H30ClF5N6O. The average molecular weight is 633 g/mol. The normalized spacial score (nSPS) is 26.6. The van der Waals surface area contributed by atoms with Crippen LogP contribution in [0.4, 0.5) is 27.8 Å². The van der Waals surface area contributed by atoms with E-state index in [0.29, 0.717) is 31.9 Å². The van der Waals surface area contributed by atoms with Crippen LogP contribution in [0, 0.1) is 17.7 Å². The van der Waals surface area contributed by atoms with Crippen LogP contribution in [0.5, 0.6) is 6.01 Å². The summed E-state index contributed by atoms with van der Waals surface area (Å²) >= 11 is 5.99. The first-order valence-corrected chi connectivity index (χ1v) is 15.2. The van der Waals surface area contributed by atoms with Crippen LogP contribution >= 0.6 is 11.6 Å². The van der Waals surface area contributed by atoms with Gasteiger partial charge in [-0.15, -0.1) is 0 Å². The number of benzene rings is 1. The van der Waals surface area contributed by atoms with Crippen molar-refractivity contribution < 1.29 is 26.7 Å². The molecule has 0 spiro atoms. The van der Waals surface area contributed by atoms with Crippen molar-refractivity contribution in [3.8, 4) is 29.1 Å². The predicted octanol–water partition coefficient (Wildman–Crippen LogP) is 5.77. The fourth-order valence-corrected chi connectivity index (χ4v) is 7.72. The first-order valence-electron chi connectivity index (χ1n) is 14.8. The second-order valence-electron chi connectivity index (χ2n) is 12.1. The summed E-state index contributed by atoms with van der Waals surface area (Å²) in [7, 11) is 0. The highest BCUT2D eigenvalue weighted by Crippen LogP contribution is 2.44. The van der Waals surface area contributed by atoms with Gasteiger partial charge in [-0.25, -0.2) is 13.8 Å². The minimum atomic E-state index is -4.87. The number of hydrogen-bond acceptors (Lipinski definition) is 7. The molecule has 0 unspecified atom stereocenters. The van der Waals surface area contributed by atoms with Crippen molar-refractivity contribution in [3.63, 3.8) is 0 Å². The van der Waals surface area contributed by atoms with Crippen LogP contribution in [0.1, 0.15) is 50.3 Å². The summed E-state index contributed by atoms with van der Waals surface area (Å²) in [6.07, 6.45) is -1.91. The molecule has 13 heteroatoms. The number of ether oxygens (including phenoxy) is 1. The lowest BCUT2D eigenvalue weighted by molar-refractivity contribution is -0.137. The number of halogens is 6. The zero-order valence-corrected chi connectivity index (χ0v) is 24.7. The highest BCUT2D eigenvalue weighted by Gasteiger charge is 2.49. The molecule has 4 saturated heterocycles. The van der Waals surface area contributed by atoms with Crippen LogP contribution in [-0.4, -0.2) is 76.4 Å². The number of piperazine rings is 1. The zero-order chi connectivity index (χ0) is 30.8. The van der Waals surface area contributed by atoms with E-state index in [1.54, 1.807) is 6.92 Å². The van der Waals surface area contributed by atoms with E-state index >= 15 is 4.39 Å². The van der Waals surface area contributed by atoms with Crippen molar-refractivity contribution in [1.29, 1.82) is 0 Å². The number of nitrogens with one attached hydrogen (secondary N) is 1. The Bertz CT molecular complexity index is 1680. The second-order valence-corrected chi connectivity index (χ2v) is 12.5. The molecule has 4 aliphatic heterocycles. The molecule has 2 bridgehead atoms. The van der Waals surface area contributed by atoms with Crippen LogP contribution in [0.15, 0.2) is 18.2 Å². The molecule has 2 aromatic heterocycles. The predicted molar refractivity (Wildman–Crippen MR) is 156 cm³/mol. The van der Waals surface area contributed by atoms with Gasteiger partial charge in [0.15, 0.2) is 5.82 Å². The monoisotopic (exact) mass is 632 g/mol. The quantitative estimate of drug-likeness (QED) is 0.283. The van der Waals surface area contributed by atoms with Gasteiger partial charge in [0.25, 0.3) is 0 Å². The van der Waals surface area contributed by atoms with Crippen molar-refractivity contribution in [2.45, 2.75) is 69.0 Å². The van der Waals surface area contributed by atoms with Gasteiger partial charge in [-0.05, 0) is 51.1 Å². The number of pyridine rings is 1. The van der Waals surface area contributed by atoms with Crippen molar-refractivity contribution in [1.82, 2.24) is 25.2 Å². The summed E-state index contributed by atoms with van der Waals surface area (Å²) in [5.41, 5.74) is -2.99. The molecule has 0 amide bonds. The summed E-state index contributed by atoms with van der Waals surface area (Å²) in [4.78, 5) is 17.6. The standard InChI is InChI=1S/C31H30ClF5N6O/c1-2-5-22-23-27(25(34)26(39-22)20-6-3-7-21(32)24(20)31(35,36)37)40-29(41-28(23)42-14-18-8-9-19(15-42)38-18)44-16-30-10-4-11-43(30)13-17(33)12-30/h3,6-7,17-19,38H,4,8-16H2,1H3/t17-,18-,19+,30+/m1/s1. The number of fused-ring (bicyclic) bond motifs is 4. The van der Waals surface area contributed by atoms with Gasteiger partial charge in [-0.3, -0.25) is 4.90 Å². The Balaban J connectivity index is 1.41. The van der Waals surface area contributed by atoms with E-state index in [2.05, 4.69) is 32.0 Å². The third-order valence-electron chi connectivity index (χ3n) is 9.29. The summed E-state index contributed by atoms with van der Waals surface area (Å²) in [6.45, 7) is 3.93. The van der Waals surface area contributed by atoms with Gasteiger partial charge in [0.2, 0.25) is 0 Å². The summed E-state index contributed by atoms with van der Waals surface area (Å²) < 4.78 is 79.7. The van der Waals surface area contributed by atoms with E-state index in [9.17, 15) is 17.6 Å². The molecule has 44 heavy (non-hydrogen) atoms. The molecule has 7 nitrogen and oxygen atoms in total. The zero-order valence-electron chi connectivity index (χ0n) is 23.9. The molecule has 4 fully saturated rings. The van der Waals surface area contributed by atoms with E-state index < -0.39 is 45.5 Å². The smallest absolute Gasteiger partial charge is 0.418 e. The number of aromatic nitrogens is 3. The maximum absolute atomic E-state index is 16.6. The first-order chi connectivity index (χ1) is 21.1. The Morgan fingerprint density at radius 1 is 1.14 bits per heavy atom. The minimum absolute atomic E-state index is 0.0519. The summed E-state index contributed by atoms with van der Waals surface area (Å²) in [5, 5.41) is 3.18. The number of nitrogens with zero attached hydrogens (tertiary/aromatic N) is 5. The molecule has 4 aliphatic rings. The van der Waals surface area contributed by atoms with E-state index in [1.165, 1.54) is 6.07 Å². The molecule has 7 rings (SSSR count). The Morgan fingerprint density at radius 3 is 2.64 bits per heavy atom. The molecule has 232 valence electrons. The van der Waals surface area contributed by atoms with Crippen LogP contribution in [0.2, 0.25) is 5.02 Å². The molecular weight excluding hydrogens is 603 g/mol. The van der Waals surface area contributed by atoms with Gasteiger partial charge in [0.1, 0.15) is 35.5 Å². The first kappa shape index (κ1) is 29.4. The Labute approximate surface area is 256 Å². The molecule has 0 saturated carbocycles. The van der Waals surface area contributed by atoms with E-state index in [0.717, 1.165) is 44.4 Å². The summed E-state index contributed by atoms with van der Waals surface area (Å²) in [6, 6.07) is 3.81. The highest BCUT2D eigenvalue weighted by molar-refractivity contribution is 6.31. The van der Waals surface area contributed by atoms with Gasteiger partial charge in [-0.1, -0.05) is 29.7 Å². The van der Waals surface area contributed by atoms with E-state index in [-0.39, 0.29) is 41.3 Å². The van der Waals surface area contributed by atoms with Gasteiger partial charge in [0, 0.05) is 43.7 Å². The van der Waals surface area contributed by atoms with Gasteiger partial charge in [-0.2, -0.15) is 23.1 Å². The maximum atomic E-state index is 16.6. The van der Waals surface area contributed by atoms with E-state index in [4.69, 9.17) is 21.3 Å². The Morgan fingerprint density at radius 2 is 1.91 bits per heavy atom. The van der Waals surface area contributed by atoms with Crippen LogP contribution < -0.4 is 15.0 Å². The third kappa shape index (κ3) is 5.03. The van der Waals surface area contributed by atoms with Gasteiger partial charge >= 0.3 is 12.2 Å². The van der Waals surface area contributed by atoms with Crippen molar-refractivity contribution >= 4 is 28.3 Å². The molecule has 6 heterocycles. The second kappa shape index (κ2) is 11.0.